The molecule has 162 valence electrons. The Balaban J connectivity index is 1.35. The molecular formula is C24H23FN6O. The number of nitrogens with zero attached hydrogens (tertiary/aromatic N) is 5. The molecule has 32 heavy (non-hydrogen) atoms. The minimum Gasteiger partial charge on any atom is -0.486 e. The Morgan fingerprint density at radius 1 is 1.16 bits per heavy atom. The van der Waals surface area contributed by atoms with E-state index in [1.54, 1.807) is 35.4 Å². The van der Waals surface area contributed by atoms with Crippen LogP contribution in [0.2, 0.25) is 0 Å². The van der Waals surface area contributed by atoms with Gasteiger partial charge in [0.05, 0.1) is 29.9 Å². The maximum Gasteiger partial charge on any atom is 0.229 e. The zero-order valence-electron chi connectivity index (χ0n) is 17.9. The number of nitrogens with one attached hydrogen (secondary N) is 1. The Hall–Kier alpha value is -3.94. The van der Waals surface area contributed by atoms with E-state index in [9.17, 15) is 4.39 Å². The number of fused-ring (bicyclic) bond motifs is 1. The van der Waals surface area contributed by atoms with Crippen LogP contribution in [0.15, 0.2) is 67.3 Å². The van der Waals surface area contributed by atoms with Gasteiger partial charge in [0.2, 0.25) is 5.95 Å². The van der Waals surface area contributed by atoms with E-state index < -0.39 is 0 Å². The molecule has 3 heterocycles. The van der Waals surface area contributed by atoms with Crippen molar-refractivity contribution in [1.82, 2.24) is 19.5 Å². The number of rotatable bonds is 5. The third-order valence-electron chi connectivity index (χ3n) is 5.56. The molecular weight excluding hydrogens is 407 g/mol. The highest BCUT2D eigenvalue weighted by atomic mass is 19.1. The molecule has 5 rings (SSSR count). The minimum atomic E-state index is -0.367. The Bertz CT molecular complexity index is 1240. The van der Waals surface area contributed by atoms with E-state index in [1.807, 2.05) is 32.2 Å². The highest BCUT2D eigenvalue weighted by Crippen LogP contribution is 2.32. The molecule has 2 aromatic heterocycles. The van der Waals surface area contributed by atoms with Gasteiger partial charge >= 0.3 is 0 Å². The normalized spacial score (nSPS) is 15.2. The molecule has 0 saturated heterocycles. The van der Waals surface area contributed by atoms with Crippen LogP contribution in [0.3, 0.4) is 0 Å². The maximum atomic E-state index is 14.7. The van der Waals surface area contributed by atoms with E-state index in [1.165, 1.54) is 11.6 Å². The highest BCUT2D eigenvalue weighted by molar-refractivity contribution is 5.61. The number of ether oxygens (including phenoxy) is 1. The molecule has 1 aliphatic heterocycles. The van der Waals surface area contributed by atoms with E-state index in [-0.39, 0.29) is 11.9 Å². The van der Waals surface area contributed by atoms with Gasteiger partial charge < -0.3 is 19.5 Å². The first-order valence-electron chi connectivity index (χ1n) is 10.4. The van der Waals surface area contributed by atoms with Gasteiger partial charge in [-0.25, -0.2) is 14.4 Å². The van der Waals surface area contributed by atoms with Crippen LogP contribution in [0.4, 0.5) is 21.8 Å². The third-order valence-corrected chi connectivity index (χ3v) is 5.56. The van der Waals surface area contributed by atoms with Crippen molar-refractivity contribution in [2.45, 2.75) is 19.4 Å². The largest absolute Gasteiger partial charge is 0.486 e. The number of aryl methyl sites for hydroxylation is 1. The third kappa shape index (κ3) is 3.99. The number of halogens is 1. The van der Waals surface area contributed by atoms with Crippen molar-refractivity contribution in [1.29, 1.82) is 0 Å². The number of likely N-dealkylation sites (N-methyl/N-ethyl adjacent to an activating group) is 1. The van der Waals surface area contributed by atoms with Gasteiger partial charge in [0, 0.05) is 18.9 Å². The molecule has 0 radical (unpaired) electrons. The van der Waals surface area contributed by atoms with Gasteiger partial charge in [-0.3, -0.25) is 0 Å². The first kappa shape index (κ1) is 20.0. The smallest absolute Gasteiger partial charge is 0.229 e. The van der Waals surface area contributed by atoms with Crippen LogP contribution >= 0.6 is 0 Å². The van der Waals surface area contributed by atoms with Gasteiger partial charge in [-0.15, -0.1) is 0 Å². The monoisotopic (exact) mass is 430 g/mol. The van der Waals surface area contributed by atoms with E-state index in [2.05, 4.69) is 37.3 Å². The van der Waals surface area contributed by atoms with Crippen LogP contribution in [-0.4, -0.2) is 39.2 Å². The van der Waals surface area contributed by atoms with E-state index in [4.69, 9.17) is 4.74 Å². The van der Waals surface area contributed by atoms with Crippen molar-refractivity contribution in [3.63, 3.8) is 0 Å². The molecule has 0 amide bonds. The zero-order chi connectivity index (χ0) is 22.1. The predicted molar refractivity (Wildman–Crippen MR) is 121 cm³/mol. The Kier molecular flexibility index (Phi) is 5.18. The average Bonchev–Trinajstić information content (AvgIpc) is 3.23. The molecule has 8 heteroatoms. The summed E-state index contributed by atoms with van der Waals surface area (Å²) < 4.78 is 22.2. The number of aromatic nitrogens is 4. The summed E-state index contributed by atoms with van der Waals surface area (Å²) in [5.41, 5.74) is 3.06. The number of benzene rings is 2. The molecule has 1 N–H and O–H groups in total. The van der Waals surface area contributed by atoms with Crippen molar-refractivity contribution in [2.24, 2.45) is 0 Å². The van der Waals surface area contributed by atoms with Crippen molar-refractivity contribution in [2.75, 3.05) is 23.9 Å². The summed E-state index contributed by atoms with van der Waals surface area (Å²) in [6.07, 6.45) is 5.87. The van der Waals surface area contributed by atoms with Gasteiger partial charge in [-0.05, 0) is 37.1 Å². The molecule has 0 fully saturated rings. The lowest BCUT2D eigenvalue weighted by atomic mass is 10.0. The van der Waals surface area contributed by atoms with Crippen LogP contribution < -0.4 is 15.0 Å². The molecule has 1 aliphatic rings. The lowest BCUT2D eigenvalue weighted by Crippen LogP contribution is -2.42. The van der Waals surface area contributed by atoms with Crippen molar-refractivity contribution < 1.29 is 9.13 Å². The van der Waals surface area contributed by atoms with Gasteiger partial charge in [0.15, 0.2) is 11.6 Å². The number of imidazole rings is 1. The molecule has 1 atom stereocenters. The molecule has 0 aliphatic carbocycles. The summed E-state index contributed by atoms with van der Waals surface area (Å²) in [4.78, 5) is 15.2. The molecule has 0 spiro atoms. The highest BCUT2D eigenvalue weighted by Gasteiger charge is 2.27. The van der Waals surface area contributed by atoms with Crippen LogP contribution in [0, 0.1) is 12.7 Å². The zero-order valence-corrected chi connectivity index (χ0v) is 17.9. The van der Waals surface area contributed by atoms with Gasteiger partial charge in [0.1, 0.15) is 12.4 Å². The number of hydrogen-bond donors (Lipinski definition) is 1. The Labute approximate surface area is 185 Å². The molecule has 0 saturated carbocycles. The van der Waals surface area contributed by atoms with Crippen LogP contribution in [0.5, 0.6) is 5.75 Å². The van der Waals surface area contributed by atoms with Gasteiger partial charge in [-0.2, -0.15) is 4.98 Å². The second kappa shape index (κ2) is 8.30. The van der Waals surface area contributed by atoms with Gasteiger partial charge in [0.25, 0.3) is 0 Å². The van der Waals surface area contributed by atoms with Crippen molar-refractivity contribution in [3.8, 4) is 11.4 Å². The standard InChI is InChI=1S/C24H23FN6O/c1-16-13-31(15-27-16)21-9-8-18(11-20(21)25)28-24-26-12-22-23(29-24)30(2)19(14-32-22)10-17-6-4-3-5-7-17/h3-9,11-13,15,19H,10,14H2,1-2H3,(H,26,28,29). The Morgan fingerprint density at radius 3 is 2.75 bits per heavy atom. The van der Waals surface area contributed by atoms with E-state index in [0.29, 0.717) is 35.5 Å². The van der Waals surface area contributed by atoms with Crippen molar-refractivity contribution >= 4 is 17.5 Å². The lowest BCUT2D eigenvalue weighted by Gasteiger charge is -2.34. The number of anilines is 3. The summed E-state index contributed by atoms with van der Waals surface area (Å²) in [6.45, 7) is 2.43. The van der Waals surface area contributed by atoms with E-state index >= 15 is 0 Å². The fraction of sp³-hybridized carbons (Fsp3) is 0.208. The SMILES string of the molecule is Cc1cn(-c2ccc(Nc3ncc4c(n3)N(C)C(Cc3ccccc3)CO4)cc2F)cn1. The van der Waals surface area contributed by atoms with Crippen LogP contribution in [0.25, 0.3) is 5.69 Å². The average molecular weight is 430 g/mol. The molecule has 1 unspecified atom stereocenters. The van der Waals surface area contributed by atoms with Gasteiger partial charge in [-0.1, -0.05) is 30.3 Å². The summed E-state index contributed by atoms with van der Waals surface area (Å²) in [5, 5.41) is 3.09. The quantitative estimate of drug-likeness (QED) is 0.509. The van der Waals surface area contributed by atoms with Crippen LogP contribution in [0.1, 0.15) is 11.3 Å². The summed E-state index contributed by atoms with van der Waals surface area (Å²) in [5.74, 6) is 1.36. The van der Waals surface area contributed by atoms with Crippen molar-refractivity contribution in [3.05, 3.63) is 84.3 Å². The molecule has 7 nitrogen and oxygen atoms in total. The second-order valence-electron chi connectivity index (χ2n) is 7.86. The first-order valence-corrected chi connectivity index (χ1v) is 10.4. The minimum absolute atomic E-state index is 0.156. The molecule has 4 aromatic rings. The predicted octanol–water partition coefficient (Wildman–Crippen LogP) is 4.29. The summed E-state index contributed by atoms with van der Waals surface area (Å²) in [6, 6.07) is 15.4. The van der Waals surface area contributed by atoms with Crippen LogP contribution in [-0.2, 0) is 6.42 Å². The lowest BCUT2D eigenvalue weighted by molar-refractivity contribution is 0.262. The first-order chi connectivity index (χ1) is 15.6. The second-order valence-corrected chi connectivity index (χ2v) is 7.86. The fourth-order valence-electron chi connectivity index (χ4n) is 3.81. The summed E-state index contributed by atoms with van der Waals surface area (Å²) in [7, 11) is 2.01. The fourth-order valence-corrected chi connectivity index (χ4v) is 3.81. The molecule has 2 aromatic carbocycles. The van der Waals surface area contributed by atoms with E-state index in [0.717, 1.165) is 12.1 Å². The topological polar surface area (TPSA) is 68.1 Å². The summed E-state index contributed by atoms with van der Waals surface area (Å²) >= 11 is 0. The number of hydrogen-bond acceptors (Lipinski definition) is 6. The molecule has 0 bridgehead atoms. The Morgan fingerprint density at radius 2 is 2.00 bits per heavy atom. The maximum absolute atomic E-state index is 14.7.